The number of carbonyl (C=O) groups is 2. The maximum atomic E-state index is 11.0. The van der Waals surface area contributed by atoms with Crippen LogP contribution in [0.4, 0.5) is 0 Å². The Morgan fingerprint density at radius 3 is 2.06 bits per heavy atom. The van der Waals surface area contributed by atoms with Gasteiger partial charge in [-0.05, 0) is 13.8 Å². The fourth-order valence-electron chi connectivity index (χ4n) is 0.789. The molecule has 0 saturated heterocycles. The van der Waals surface area contributed by atoms with Crippen LogP contribution >= 0.6 is 0 Å². The minimum atomic E-state index is -0.865. The van der Waals surface area contributed by atoms with E-state index in [2.05, 4.69) is 13.2 Å². The Morgan fingerprint density at radius 1 is 1.12 bits per heavy atom. The van der Waals surface area contributed by atoms with Crippen molar-refractivity contribution in [2.75, 3.05) is 13.2 Å². The molecule has 0 heterocycles. The second kappa shape index (κ2) is 7.62. The Bertz CT molecular complexity index is 319. The Morgan fingerprint density at radius 2 is 1.59 bits per heavy atom. The van der Waals surface area contributed by atoms with Gasteiger partial charge in [0.25, 0.3) is 0 Å². The van der Waals surface area contributed by atoms with E-state index in [9.17, 15) is 14.7 Å². The predicted octanol–water partition coefficient (Wildman–Crippen LogP) is 0.976. The molecule has 0 aliphatic carbocycles. The smallest absolute Gasteiger partial charge is 0.333 e. The quantitative estimate of drug-likeness (QED) is 0.532. The second-order valence-electron chi connectivity index (χ2n) is 3.74. The largest absolute Gasteiger partial charge is 0.462 e. The SMILES string of the molecule is C=C(C)C(=O)OCCC(O)COC(=O)C(=C)C. The highest BCUT2D eigenvalue weighted by molar-refractivity contribution is 5.87. The molecule has 0 aromatic rings. The Hall–Kier alpha value is -1.62. The third kappa shape index (κ3) is 7.30. The number of ether oxygens (including phenoxy) is 2. The molecule has 5 nitrogen and oxygen atoms in total. The summed E-state index contributed by atoms with van der Waals surface area (Å²) in [4.78, 5) is 22.0. The van der Waals surface area contributed by atoms with Gasteiger partial charge in [-0.3, -0.25) is 0 Å². The van der Waals surface area contributed by atoms with E-state index in [1.165, 1.54) is 13.8 Å². The van der Waals surface area contributed by atoms with Crippen molar-refractivity contribution >= 4 is 11.9 Å². The van der Waals surface area contributed by atoms with Crippen LogP contribution in [0.25, 0.3) is 0 Å². The fraction of sp³-hybridized carbons (Fsp3) is 0.500. The number of aliphatic hydroxyl groups is 1. The first-order valence-electron chi connectivity index (χ1n) is 5.18. The zero-order valence-corrected chi connectivity index (χ0v) is 10.2. The molecule has 0 radical (unpaired) electrons. The third-order valence-corrected chi connectivity index (χ3v) is 1.79. The van der Waals surface area contributed by atoms with Gasteiger partial charge >= 0.3 is 11.9 Å². The predicted molar refractivity (Wildman–Crippen MR) is 62.2 cm³/mol. The van der Waals surface area contributed by atoms with Crippen LogP contribution in [0.5, 0.6) is 0 Å². The molecule has 1 N–H and O–H groups in total. The van der Waals surface area contributed by atoms with Gasteiger partial charge in [-0.15, -0.1) is 0 Å². The molecule has 5 heteroatoms. The lowest BCUT2D eigenvalue weighted by molar-refractivity contribution is -0.144. The molecule has 0 aliphatic rings. The molecule has 0 aromatic heterocycles. The highest BCUT2D eigenvalue weighted by Gasteiger charge is 2.10. The first-order valence-corrected chi connectivity index (χ1v) is 5.18. The molecule has 0 fully saturated rings. The number of rotatable bonds is 7. The maximum Gasteiger partial charge on any atom is 0.333 e. The van der Waals surface area contributed by atoms with Gasteiger partial charge in [0.05, 0.1) is 12.7 Å². The molecule has 17 heavy (non-hydrogen) atoms. The Balaban J connectivity index is 3.70. The van der Waals surface area contributed by atoms with E-state index >= 15 is 0 Å². The maximum absolute atomic E-state index is 11.0. The summed E-state index contributed by atoms with van der Waals surface area (Å²) in [5.41, 5.74) is 0.569. The Labute approximate surface area is 101 Å². The van der Waals surface area contributed by atoms with E-state index in [0.29, 0.717) is 5.57 Å². The normalized spacial score (nSPS) is 11.5. The molecular weight excluding hydrogens is 224 g/mol. The Kier molecular flexibility index (Phi) is 6.89. The van der Waals surface area contributed by atoms with Gasteiger partial charge in [0.1, 0.15) is 6.61 Å². The molecule has 0 aromatic carbocycles. The summed E-state index contributed by atoms with van der Waals surface area (Å²) in [5, 5.41) is 9.41. The van der Waals surface area contributed by atoms with E-state index in [0.717, 1.165) is 0 Å². The lowest BCUT2D eigenvalue weighted by Gasteiger charge is -2.11. The standard InChI is InChI=1S/C12H18O5/c1-8(2)11(14)16-6-5-10(13)7-17-12(15)9(3)4/h10,13H,1,3,5-7H2,2,4H3. The van der Waals surface area contributed by atoms with Crippen LogP contribution in [0.3, 0.4) is 0 Å². The summed E-state index contributed by atoms with van der Waals surface area (Å²) < 4.78 is 9.50. The average molecular weight is 242 g/mol. The van der Waals surface area contributed by atoms with Crippen molar-refractivity contribution in [3.05, 3.63) is 24.3 Å². The first-order chi connectivity index (χ1) is 7.84. The van der Waals surface area contributed by atoms with Gasteiger partial charge in [0.15, 0.2) is 0 Å². The van der Waals surface area contributed by atoms with Gasteiger partial charge in [-0.2, -0.15) is 0 Å². The van der Waals surface area contributed by atoms with Crippen LogP contribution in [0.15, 0.2) is 24.3 Å². The molecule has 96 valence electrons. The van der Waals surface area contributed by atoms with E-state index < -0.39 is 18.0 Å². The van der Waals surface area contributed by atoms with E-state index in [4.69, 9.17) is 9.47 Å². The highest BCUT2D eigenvalue weighted by atomic mass is 16.5. The zero-order valence-electron chi connectivity index (χ0n) is 10.2. The minimum absolute atomic E-state index is 0.0531. The molecule has 0 amide bonds. The molecular formula is C12H18O5. The summed E-state index contributed by atoms with van der Waals surface area (Å²) in [7, 11) is 0. The lowest BCUT2D eigenvalue weighted by atomic mass is 10.3. The number of hydrogen-bond acceptors (Lipinski definition) is 5. The lowest BCUT2D eigenvalue weighted by Crippen LogP contribution is -2.21. The number of carbonyl (C=O) groups excluding carboxylic acids is 2. The topological polar surface area (TPSA) is 72.8 Å². The first kappa shape index (κ1) is 15.4. The monoisotopic (exact) mass is 242 g/mol. The highest BCUT2D eigenvalue weighted by Crippen LogP contribution is 1.99. The molecule has 0 bridgehead atoms. The second-order valence-corrected chi connectivity index (χ2v) is 3.74. The van der Waals surface area contributed by atoms with Crippen LogP contribution in [0.2, 0.25) is 0 Å². The number of aliphatic hydroxyl groups excluding tert-OH is 1. The minimum Gasteiger partial charge on any atom is -0.462 e. The van der Waals surface area contributed by atoms with Crippen molar-refractivity contribution in [2.45, 2.75) is 26.4 Å². The zero-order chi connectivity index (χ0) is 13.4. The molecule has 0 rings (SSSR count). The van der Waals surface area contributed by atoms with Gasteiger partial charge < -0.3 is 14.6 Å². The van der Waals surface area contributed by atoms with Crippen molar-refractivity contribution in [3.63, 3.8) is 0 Å². The number of hydrogen-bond donors (Lipinski definition) is 1. The van der Waals surface area contributed by atoms with Gasteiger partial charge in [-0.1, -0.05) is 13.2 Å². The van der Waals surface area contributed by atoms with Gasteiger partial charge in [0.2, 0.25) is 0 Å². The summed E-state index contributed by atoms with van der Waals surface area (Å²) in [6.45, 7) is 9.78. The van der Waals surface area contributed by atoms with Crippen molar-refractivity contribution in [3.8, 4) is 0 Å². The summed E-state index contributed by atoms with van der Waals surface area (Å²) in [6.07, 6.45) is -0.668. The molecule has 0 saturated carbocycles. The van der Waals surface area contributed by atoms with Crippen LogP contribution < -0.4 is 0 Å². The third-order valence-electron chi connectivity index (χ3n) is 1.79. The number of esters is 2. The average Bonchev–Trinajstić information content (AvgIpc) is 2.25. The fourth-order valence-corrected chi connectivity index (χ4v) is 0.789. The van der Waals surface area contributed by atoms with Crippen LogP contribution in [-0.2, 0) is 19.1 Å². The molecule has 0 aliphatic heterocycles. The van der Waals surface area contributed by atoms with Crippen molar-refractivity contribution in [1.82, 2.24) is 0 Å². The van der Waals surface area contributed by atoms with E-state index in [-0.39, 0.29) is 25.2 Å². The summed E-state index contributed by atoms with van der Waals surface area (Å²) >= 11 is 0. The van der Waals surface area contributed by atoms with Crippen LogP contribution in [0, 0.1) is 0 Å². The van der Waals surface area contributed by atoms with Crippen molar-refractivity contribution in [2.24, 2.45) is 0 Å². The van der Waals surface area contributed by atoms with Crippen molar-refractivity contribution < 1.29 is 24.2 Å². The summed E-state index contributed by atoms with van der Waals surface area (Å²) in [6, 6.07) is 0. The van der Waals surface area contributed by atoms with Gasteiger partial charge in [0, 0.05) is 17.6 Å². The van der Waals surface area contributed by atoms with Gasteiger partial charge in [-0.25, -0.2) is 9.59 Å². The molecule has 1 atom stereocenters. The molecule has 1 unspecified atom stereocenters. The van der Waals surface area contributed by atoms with Crippen LogP contribution in [0.1, 0.15) is 20.3 Å². The van der Waals surface area contributed by atoms with E-state index in [1.807, 2.05) is 0 Å². The molecule has 0 spiro atoms. The van der Waals surface area contributed by atoms with E-state index in [1.54, 1.807) is 0 Å². The van der Waals surface area contributed by atoms with Crippen LogP contribution in [-0.4, -0.2) is 36.4 Å². The summed E-state index contributed by atoms with van der Waals surface area (Å²) in [5.74, 6) is -1.06. The van der Waals surface area contributed by atoms with Crippen molar-refractivity contribution in [1.29, 1.82) is 0 Å².